The number of likely N-dealkylation sites (tertiary alicyclic amines) is 1. The molecule has 2 aromatic rings. The van der Waals surface area contributed by atoms with E-state index in [2.05, 4.69) is 67.6 Å². The molecule has 2 aliphatic rings. The van der Waals surface area contributed by atoms with Crippen molar-refractivity contribution in [2.24, 2.45) is 4.99 Å². The lowest BCUT2D eigenvalue weighted by atomic mass is 10.1. The van der Waals surface area contributed by atoms with Gasteiger partial charge in [0.15, 0.2) is 11.8 Å². The summed E-state index contributed by atoms with van der Waals surface area (Å²) < 4.78 is 2.21. The number of nitrogens with one attached hydrogen (secondary N) is 2. The molecule has 1 fully saturated rings. The van der Waals surface area contributed by atoms with Gasteiger partial charge in [-0.2, -0.15) is 0 Å². The summed E-state index contributed by atoms with van der Waals surface area (Å²) in [6.07, 6.45) is 4.77. The lowest BCUT2D eigenvalue weighted by Crippen LogP contribution is -2.42. The Bertz CT molecular complexity index is 784. The molecule has 2 N–H and O–H groups in total. The van der Waals surface area contributed by atoms with Gasteiger partial charge in [0.2, 0.25) is 0 Å². The number of aliphatic imine (C=N–C) groups is 1. The van der Waals surface area contributed by atoms with Crippen LogP contribution in [0.15, 0.2) is 35.3 Å². The third-order valence-corrected chi connectivity index (χ3v) is 5.64. The Kier molecular flexibility index (Phi) is 8.29. The summed E-state index contributed by atoms with van der Waals surface area (Å²) in [7, 11) is 0. The first-order valence-electron chi connectivity index (χ1n) is 10.6. The highest BCUT2D eigenvalue weighted by atomic mass is 127. The average molecular weight is 509 g/mol. The molecule has 1 unspecified atom stereocenters. The van der Waals surface area contributed by atoms with Crippen molar-refractivity contribution >= 4 is 29.9 Å². The molecule has 1 aromatic heterocycles. The van der Waals surface area contributed by atoms with Crippen LogP contribution < -0.4 is 10.6 Å². The van der Waals surface area contributed by atoms with E-state index in [0.717, 1.165) is 50.1 Å². The number of rotatable bonds is 7. The minimum Gasteiger partial charge on any atom is -0.357 e. The van der Waals surface area contributed by atoms with E-state index in [4.69, 9.17) is 4.99 Å². The van der Waals surface area contributed by atoms with Crippen LogP contribution in [0.5, 0.6) is 0 Å². The van der Waals surface area contributed by atoms with E-state index in [9.17, 15) is 0 Å². The first-order valence-corrected chi connectivity index (χ1v) is 10.6. The van der Waals surface area contributed by atoms with Gasteiger partial charge >= 0.3 is 0 Å². The number of aryl methyl sites for hydroxylation is 1. The molecule has 0 bridgehead atoms. The molecular formula is C21H32IN7. The van der Waals surface area contributed by atoms with Gasteiger partial charge in [-0.05, 0) is 44.8 Å². The minimum atomic E-state index is 0. The summed E-state index contributed by atoms with van der Waals surface area (Å²) in [5.41, 5.74) is 1.36. The van der Waals surface area contributed by atoms with E-state index in [0.29, 0.717) is 12.6 Å². The summed E-state index contributed by atoms with van der Waals surface area (Å²) in [6, 6.07) is 11.2. The molecule has 29 heavy (non-hydrogen) atoms. The topological polar surface area (TPSA) is 70.4 Å². The SMILES string of the molecule is CCNC(=NCc1nnc2n1CCC2)NCC(c1ccccc1)N1CCCC1.I. The maximum atomic E-state index is 4.78. The largest absolute Gasteiger partial charge is 0.357 e. The van der Waals surface area contributed by atoms with Crippen LogP contribution >= 0.6 is 24.0 Å². The molecule has 1 saturated heterocycles. The molecule has 2 aliphatic heterocycles. The molecule has 1 atom stereocenters. The number of aromatic nitrogens is 3. The van der Waals surface area contributed by atoms with Gasteiger partial charge in [-0.25, -0.2) is 4.99 Å². The fourth-order valence-corrected chi connectivity index (χ4v) is 4.20. The number of nitrogens with zero attached hydrogens (tertiary/aromatic N) is 5. The molecule has 1 aromatic carbocycles. The Hall–Kier alpha value is -1.68. The smallest absolute Gasteiger partial charge is 0.191 e. The fraction of sp³-hybridized carbons (Fsp3) is 0.571. The zero-order chi connectivity index (χ0) is 19.2. The zero-order valence-corrected chi connectivity index (χ0v) is 19.5. The van der Waals surface area contributed by atoms with Gasteiger partial charge in [-0.1, -0.05) is 30.3 Å². The van der Waals surface area contributed by atoms with Gasteiger partial charge in [0.25, 0.3) is 0 Å². The summed E-state index contributed by atoms with van der Waals surface area (Å²) >= 11 is 0. The number of hydrogen-bond donors (Lipinski definition) is 2. The molecule has 158 valence electrons. The van der Waals surface area contributed by atoms with Crippen LogP contribution in [-0.2, 0) is 19.5 Å². The van der Waals surface area contributed by atoms with E-state index in [1.807, 2.05) is 0 Å². The molecule has 3 heterocycles. The number of benzene rings is 1. The fourth-order valence-electron chi connectivity index (χ4n) is 4.20. The lowest BCUT2D eigenvalue weighted by molar-refractivity contribution is 0.245. The minimum absolute atomic E-state index is 0. The van der Waals surface area contributed by atoms with Crippen molar-refractivity contribution in [1.29, 1.82) is 0 Å². The van der Waals surface area contributed by atoms with Crippen molar-refractivity contribution in [2.45, 2.75) is 51.7 Å². The quantitative estimate of drug-likeness (QED) is 0.342. The molecular weight excluding hydrogens is 477 g/mol. The van der Waals surface area contributed by atoms with Crippen molar-refractivity contribution in [3.63, 3.8) is 0 Å². The van der Waals surface area contributed by atoms with E-state index in [-0.39, 0.29) is 24.0 Å². The van der Waals surface area contributed by atoms with Crippen molar-refractivity contribution in [3.05, 3.63) is 47.5 Å². The van der Waals surface area contributed by atoms with Gasteiger partial charge in [-0.15, -0.1) is 34.2 Å². The van der Waals surface area contributed by atoms with Crippen LogP contribution in [0.2, 0.25) is 0 Å². The molecule has 0 saturated carbocycles. The highest BCUT2D eigenvalue weighted by Gasteiger charge is 2.23. The molecule has 0 radical (unpaired) electrons. The summed E-state index contributed by atoms with van der Waals surface area (Å²) in [5, 5.41) is 15.5. The van der Waals surface area contributed by atoms with Crippen LogP contribution in [-0.4, -0.2) is 51.8 Å². The normalized spacial score (nSPS) is 17.6. The molecule has 0 spiro atoms. The van der Waals surface area contributed by atoms with Crippen molar-refractivity contribution in [3.8, 4) is 0 Å². The van der Waals surface area contributed by atoms with Crippen molar-refractivity contribution < 1.29 is 0 Å². The second kappa shape index (κ2) is 10.9. The number of guanidine groups is 1. The van der Waals surface area contributed by atoms with Crippen LogP contribution in [0.25, 0.3) is 0 Å². The Balaban J connectivity index is 0.00000240. The average Bonchev–Trinajstić information content (AvgIpc) is 3.46. The second-order valence-corrected chi connectivity index (χ2v) is 7.53. The lowest BCUT2D eigenvalue weighted by Gasteiger charge is -2.29. The van der Waals surface area contributed by atoms with E-state index >= 15 is 0 Å². The predicted octanol–water partition coefficient (Wildman–Crippen LogP) is 2.73. The van der Waals surface area contributed by atoms with E-state index in [1.54, 1.807) is 0 Å². The summed E-state index contributed by atoms with van der Waals surface area (Å²) in [6.45, 7) is 7.68. The number of fused-ring (bicyclic) bond motifs is 1. The maximum absolute atomic E-state index is 4.78. The maximum Gasteiger partial charge on any atom is 0.191 e. The Morgan fingerprint density at radius 2 is 1.86 bits per heavy atom. The third-order valence-electron chi connectivity index (χ3n) is 5.64. The van der Waals surface area contributed by atoms with Crippen LogP contribution in [0.4, 0.5) is 0 Å². The third kappa shape index (κ3) is 5.48. The van der Waals surface area contributed by atoms with Gasteiger partial charge < -0.3 is 15.2 Å². The molecule has 7 nitrogen and oxygen atoms in total. The van der Waals surface area contributed by atoms with Gasteiger partial charge in [0.05, 0.1) is 6.04 Å². The molecule has 0 aliphatic carbocycles. The zero-order valence-electron chi connectivity index (χ0n) is 17.2. The van der Waals surface area contributed by atoms with Gasteiger partial charge in [0, 0.05) is 26.1 Å². The molecule has 4 rings (SSSR count). The van der Waals surface area contributed by atoms with Crippen LogP contribution in [0.3, 0.4) is 0 Å². The summed E-state index contributed by atoms with van der Waals surface area (Å²) in [4.78, 5) is 7.36. The monoisotopic (exact) mass is 509 g/mol. The van der Waals surface area contributed by atoms with Gasteiger partial charge in [0.1, 0.15) is 12.4 Å². The second-order valence-electron chi connectivity index (χ2n) is 7.53. The van der Waals surface area contributed by atoms with Crippen molar-refractivity contribution in [2.75, 3.05) is 26.2 Å². The van der Waals surface area contributed by atoms with E-state index in [1.165, 1.54) is 31.5 Å². The highest BCUT2D eigenvalue weighted by molar-refractivity contribution is 14.0. The molecule has 8 heteroatoms. The van der Waals surface area contributed by atoms with Gasteiger partial charge in [-0.3, -0.25) is 4.90 Å². The Morgan fingerprint density at radius 1 is 1.07 bits per heavy atom. The van der Waals surface area contributed by atoms with Crippen molar-refractivity contribution in [1.82, 2.24) is 30.3 Å². The summed E-state index contributed by atoms with van der Waals surface area (Å²) in [5.74, 6) is 2.91. The Labute approximate surface area is 190 Å². The predicted molar refractivity (Wildman–Crippen MR) is 127 cm³/mol. The van der Waals surface area contributed by atoms with Crippen LogP contribution in [0.1, 0.15) is 49.4 Å². The standard InChI is InChI=1S/C21H31N7.HI/c1-2-22-21(24-16-20-26-25-19-11-8-14-28(19)20)23-15-18(27-12-6-7-13-27)17-9-4-3-5-10-17;/h3-5,9-10,18H,2,6-8,11-16H2,1H3,(H2,22,23,24);1H. The first kappa shape index (κ1) is 22.0. The number of hydrogen-bond acceptors (Lipinski definition) is 4. The van der Waals surface area contributed by atoms with Crippen LogP contribution in [0, 0.1) is 0 Å². The first-order chi connectivity index (χ1) is 13.8. The Morgan fingerprint density at radius 3 is 2.62 bits per heavy atom. The molecule has 0 amide bonds. The van der Waals surface area contributed by atoms with E-state index < -0.39 is 0 Å². The number of halogens is 1. The highest BCUT2D eigenvalue weighted by Crippen LogP contribution is 2.24.